The molecule has 0 bridgehead atoms. The zero-order valence-corrected chi connectivity index (χ0v) is 21.1. The van der Waals surface area contributed by atoms with E-state index in [1.807, 2.05) is 19.3 Å². The fourth-order valence-corrected chi connectivity index (χ4v) is 4.88. The zero-order valence-electron chi connectivity index (χ0n) is 21.1. The Labute approximate surface area is 222 Å². The van der Waals surface area contributed by atoms with Crippen molar-refractivity contribution in [2.24, 2.45) is 12.5 Å². The minimum atomic E-state index is -1.04. The molecular formula is C30H24F2N4O3. The van der Waals surface area contributed by atoms with E-state index < -0.39 is 11.2 Å². The van der Waals surface area contributed by atoms with Crippen molar-refractivity contribution >= 4 is 17.1 Å². The van der Waals surface area contributed by atoms with Crippen molar-refractivity contribution in [1.29, 1.82) is 0 Å². The molecule has 0 amide bonds. The van der Waals surface area contributed by atoms with Gasteiger partial charge in [-0.3, -0.25) is 14.3 Å². The van der Waals surface area contributed by atoms with E-state index in [9.17, 15) is 14.0 Å². The van der Waals surface area contributed by atoms with Gasteiger partial charge in [-0.1, -0.05) is 18.2 Å². The van der Waals surface area contributed by atoms with Crippen molar-refractivity contribution in [3.05, 3.63) is 102 Å². The van der Waals surface area contributed by atoms with Gasteiger partial charge in [0.2, 0.25) is 0 Å². The Bertz CT molecular complexity index is 1720. The normalized spacial score (nSPS) is 13.9. The second-order valence-electron chi connectivity index (χ2n) is 9.87. The number of hydrogen-bond donors (Lipinski definition) is 0. The highest BCUT2D eigenvalue weighted by Gasteiger charge is 2.54. The van der Waals surface area contributed by atoms with Crippen LogP contribution in [0.2, 0.25) is 0 Å². The largest absolute Gasteiger partial charge is 0.452 e. The highest BCUT2D eigenvalue weighted by atomic mass is 19.1. The van der Waals surface area contributed by atoms with Crippen LogP contribution in [0.5, 0.6) is 11.5 Å². The van der Waals surface area contributed by atoms with Crippen molar-refractivity contribution in [1.82, 2.24) is 19.4 Å². The number of pyridine rings is 1. The lowest BCUT2D eigenvalue weighted by Crippen LogP contribution is -2.28. The van der Waals surface area contributed by atoms with Gasteiger partial charge in [0.1, 0.15) is 11.3 Å². The lowest BCUT2D eigenvalue weighted by atomic mass is 9.88. The molecule has 3 heterocycles. The summed E-state index contributed by atoms with van der Waals surface area (Å²) in [6.07, 6.45) is 6.11. The van der Waals surface area contributed by atoms with Crippen LogP contribution in [0.25, 0.3) is 16.8 Å². The summed E-state index contributed by atoms with van der Waals surface area (Å²) >= 11 is 0. The fraction of sp³-hybridized carbons (Fsp3) is 0.200. The molecule has 0 radical (unpaired) electrons. The maximum atomic E-state index is 15.2. The first kappa shape index (κ1) is 24.7. The van der Waals surface area contributed by atoms with Gasteiger partial charge in [-0.15, -0.1) is 0 Å². The molecule has 0 atom stereocenters. The van der Waals surface area contributed by atoms with Crippen LogP contribution in [-0.2, 0) is 29.5 Å². The van der Waals surface area contributed by atoms with Crippen LogP contribution in [0, 0.1) is 17.0 Å². The third-order valence-electron chi connectivity index (χ3n) is 7.26. The molecule has 0 aliphatic heterocycles. The van der Waals surface area contributed by atoms with E-state index in [2.05, 4.69) is 10.2 Å². The third-order valence-corrected chi connectivity index (χ3v) is 7.26. The van der Waals surface area contributed by atoms with Crippen LogP contribution in [0.4, 0.5) is 8.78 Å². The second kappa shape index (κ2) is 9.58. The molecule has 0 saturated heterocycles. The first-order valence-electron chi connectivity index (χ1n) is 12.6. The van der Waals surface area contributed by atoms with Gasteiger partial charge >= 0.3 is 0 Å². The molecule has 7 nitrogen and oxygen atoms in total. The lowest BCUT2D eigenvalue weighted by molar-refractivity contribution is -0.133. The molecule has 5 aromatic rings. The molecule has 1 saturated carbocycles. The Morgan fingerprint density at radius 2 is 1.56 bits per heavy atom. The molecule has 196 valence electrons. The first-order chi connectivity index (χ1) is 18.8. The molecular weight excluding hydrogens is 502 g/mol. The van der Waals surface area contributed by atoms with Gasteiger partial charge in [-0.05, 0) is 66.4 Å². The van der Waals surface area contributed by atoms with Crippen LogP contribution in [0.15, 0.2) is 79.3 Å². The zero-order chi connectivity index (χ0) is 27.1. The average Bonchev–Trinajstić information content (AvgIpc) is 3.41. The molecule has 1 aliphatic carbocycles. The number of fused-ring (bicyclic) bond motifs is 1. The van der Waals surface area contributed by atoms with Gasteiger partial charge in [0.05, 0.1) is 17.3 Å². The van der Waals surface area contributed by atoms with Crippen LogP contribution in [0.1, 0.15) is 24.0 Å². The molecule has 3 aromatic heterocycles. The number of aryl methyl sites for hydroxylation is 1. The fourth-order valence-electron chi connectivity index (χ4n) is 4.88. The molecule has 39 heavy (non-hydrogen) atoms. The third kappa shape index (κ3) is 4.71. The SMILES string of the molecule is Cn1nccc1-c1cc(Oc2ccc(CC(=O)C3(C(=O)Cc4ccc(F)cc4)CC3)cc2F)c2ccnn2c1. The molecule has 2 aromatic carbocycles. The van der Waals surface area contributed by atoms with Crippen molar-refractivity contribution in [3.8, 4) is 22.8 Å². The lowest BCUT2D eigenvalue weighted by Gasteiger charge is -2.14. The molecule has 0 spiro atoms. The second-order valence-corrected chi connectivity index (χ2v) is 9.87. The summed E-state index contributed by atoms with van der Waals surface area (Å²) in [6.45, 7) is 0. The Balaban J connectivity index is 1.19. The Morgan fingerprint density at radius 3 is 2.23 bits per heavy atom. The number of halogens is 2. The van der Waals surface area contributed by atoms with Gasteiger partial charge in [-0.2, -0.15) is 10.2 Å². The van der Waals surface area contributed by atoms with Gasteiger partial charge in [-0.25, -0.2) is 13.3 Å². The van der Waals surface area contributed by atoms with Crippen LogP contribution < -0.4 is 4.74 Å². The number of nitrogens with zero attached hydrogens (tertiary/aromatic N) is 4. The topological polar surface area (TPSA) is 78.5 Å². The van der Waals surface area contributed by atoms with E-state index in [1.165, 1.54) is 24.3 Å². The molecule has 1 aliphatic rings. The summed E-state index contributed by atoms with van der Waals surface area (Å²) in [7, 11) is 1.82. The summed E-state index contributed by atoms with van der Waals surface area (Å²) < 4.78 is 37.7. The van der Waals surface area contributed by atoms with E-state index >= 15 is 4.39 Å². The Hall–Kier alpha value is -4.66. The number of ether oxygens (including phenoxy) is 1. The highest BCUT2D eigenvalue weighted by molar-refractivity contribution is 6.10. The van der Waals surface area contributed by atoms with Crippen molar-refractivity contribution in [2.75, 3.05) is 0 Å². The number of hydrogen-bond acceptors (Lipinski definition) is 5. The molecule has 0 N–H and O–H groups in total. The van der Waals surface area contributed by atoms with Gasteiger partial charge in [0, 0.05) is 37.8 Å². The monoisotopic (exact) mass is 526 g/mol. The van der Waals surface area contributed by atoms with E-state index in [0.717, 1.165) is 11.3 Å². The Kier molecular flexibility index (Phi) is 6.06. The maximum absolute atomic E-state index is 15.2. The quantitative estimate of drug-likeness (QED) is 0.237. The summed E-state index contributed by atoms with van der Waals surface area (Å²) in [5.74, 6) is -0.993. The smallest absolute Gasteiger partial charge is 0.166 e. The molecule has 1 fully saturated rings. The summed E-state index contributed by atoms with van der Waals surface area (Å²) in [5, 5.41) is 8.50. The van der Waals surface area contributed by atoms with Gasteiger partial charge in [0.15, 0.2) is 28.9 Å². The standard InChI is InChI=1S/C30H24F2N4O3/c1-35-24(8-12-33-35)21-17-27(25-9-13-34-36(25)18-21)39-26-7-4-20(14-23(26)32)16-29(38)30(10-11-30)28(37)15-19-2-5-22(31)6-3-19/h2-9,12-14,17-18H,10-11,15-16H2,1H3. The number of ketones is 2. The number of carbonyl (C=O) groups is 2. The molecule has 9 heteroatoms. The van der Waals surface area contributed by atoms with Crippen LogP contribution in [0.3, 0.4) is 0 Å². The highest BCUT2D eigenvalue weighted by Crippen LogP contribution is 2.49. The number of benzene rings is 2. The van der Waals surface area contributed by atoms with Crippen molar-refractivity contribution in [3.63, 3.8) is 0 Å². The number of rotatable bonds is 9. The molecule has 0 unspecified atom stereocenters. The number of carbonyl (C=O) groups excluding carboxylic acids is 2. The van der Waals surface area contributed by atoms with Crippen molar-refractivity contribution < 1.29 is 23.1 Å². The number of aromatic nitrogens is 4. The van der Waals surface area contributed by atoms with Gasteiger partial charge < -0.3 is 4.74 Å². The van der Waals surface area contributed by atoms with Crippen LogP contribution in [-0.4, -0.2) is 31.0 Å². The summed E-state index contributed by atoms with van der Waals surface area (Å²) in [5.41, 5.74) is 2.38. The van der Waals surface area contributed by atoms with E-state index in [-0.39, 0.29) is 36.0 Å². The van der Waals surface area contributed by atoms with E-state index in [1.54, 1.807) is 51.9 Å². The summed E-state index contributed by atoms with van der Waals surface area (Å²) in [4.78, 5) is 26.0. The summed E-state index contributed by atoms with van der Waals surface area (Å²) in [6, 6.07) is 15.5. The Morgan fingerprint density at radius 1 is 0.872 bits per heavy atom. The first-order valence-corrected chi connectivity index (χ1v) is 12.6. The van der Waals surface area contributed by atoms with Gasteiger partial charge in [0.25, 0.3) is 0 Å². The van der Waals surface area contributed by atoms with Crippen molar-refractivity contribution in [2.45, 2.75) is 25.7 Å². The predicted octanol–water partition coefficient (Wildman–Crippen LogP) is 5.51. The maximum Gasteiger partial charge on any atom is 0.166 e. The van der Waals surface area contributed by atoms with Crippen LogP contribution >= 0.6 is 0 Å². The van der Waals surface area contributed by atoms with E-state index in [0.29, 0.717) is 35.2 Å². The number of Topliss-reactive ketones (excluding diaryl/α,β-unsaturated/α-hetero) is 2. The van der Waals surface area contributed by atoms with E-state index in [4.69, 9.17) is 4.74 Å². The minimum absolute atomic E-state index is 0.00461. The predicted molar refractivity (Wildman–Crippen MR) is 139 cm³/mol. The average molecular weight is 527 g/mol. The minimum Gasteiger partial charge on any atom is -0.452 e. The molecule has 6 rings (SSSR count).